The van der Waals surface area contributed by atoms with Gasteiger partial charge in [0.25, 0.3) is 5.56 Å². The van der Waals surface area contributed by atoms with Crippen molar-refractivity contribution in [3.05, 3.63) is 86.0 Å². The molecule has 0 aliphatic heterocycles. The van der Waals surface area contributed by atoms with Crippen molar-refractivity contribution >= 4 is 17.4 Å². The van der Waals surface area contributed by atoms with Crippen LogP contribution >= 0.6 is 11.6 Å². The predicted molar refractivity (Wildman–Crippen MR) is 97.4 cm³/mol. The fraction of sp³-hybridized carbons (Fsp3) is 0.211. The summed E-state index contributed by atoms with van der Waals surface area (Å²) in [7, 11) is 1.62. The number of benzene rings is 1. The van der Waals surface area contributed by atoms with Crippen LogP contribution in [0.15, 0.2) is 47.3 Å². The molecule has 3 rings (SSSR count). The number of nitrogens with one attached hydrogen (secondary N) is 1. The molecule has 1 N–H and O–H groups in total. The Morgan fingerprint density at radius 2 is 1.88 bits per heavy atom. The number of ketones is 1. The second kappa shape index (κ2) is 6.69. The molecule has 5 nitrogen and oxygen atoms in total. The average molecular weight is 356 g/mol. The van der Waals surface area contributed by atoms with E-state index in [2.05, 4.69) is 10.1 Å². The molecule has 6 heteroatoms. The third kappa shape index (κ3) is 3.42. The number of carbonyl (C=O) groups is 1. The molecule has 0 spiro atoms. The fourth-order valence-electron chi connectivity index (χ4n) is 2.71. The summed E-state index contributed by atoms with van der Waals surface area (Å²) in [5, 5.41) is 4.88. The van der Waals surface area contributed by atoms with Crippen LogP contribution in [0.1, 0.15) is 45.8 Å². The van der Waals surface area contributed by atoms with Crippen LogP contribution in [0.2, 0.25) is 5.02 Å². The van der Waals surface area contributed by atoms with Crippen LogP contribution in [0.3, 0.4) is 0 Å². The Bertz CT molecular complexity index is 987. The van der Waals surface area contributed by atoms with Crippen LogP contribution in [0, 0.1) is 6.92 Å². The zero-order chi connectivity index (χ0) is 18.1. The zero-order valence-electron chi connectivity index (χ0n) is 14.2. The van der Waals surface area contributed by atoms with E-state index in [1.54, 1.807) is 37.4 Å². The monoisotopic (exact) mass is 355 g/mol. The summed E-state index contributed by atoms with van der Waals surface area (Å²) < 4.78 is 1.31. The minimum Gasteiger partial charge on any atom is -0.355 e. The molecule has 1 aromatic carbocycles. The third-order valence-electron chi connectivity index (χ3n) is 4.26. The molecule has 0 aliphatic rings. The lowest BCUT2D eigenvalue weighted by atomic mass is 10.0. The molecular weight excluding hydrogens is 338 g/mol. The molecule has 0 amide bonds. The largest absolute Gasteiger partial charge is 0.355 e. The Kier molecular flexibility index (Phi) is 4.59. The number of aromatic nitrogens is 3. The lowest BCUT2D eigenvalue weighted by Crippen LogP contribution is -2.20. The Morgan fingerprint density at radius 3 is 2.52 bits per heavy atom. The van der Waals surface area contributed by atoms with Crippen molar-refractivity contribution < 1.29 is 4.79 Å². The number of halogens is 1. The Balaban J connectivity index is 1.93. The molecule has 0 aliphatic carbocycles. The highest BCUT2D eigenvalue weighted by molar-refractivity contribution is 6.30. The average Bonchev–Trinajstić information content (AvgIpc) is 2.98. The van der Waals surface area contributed by atoms with Gasteiger partial charge in [0, 0.05) is 35.3 Å². The van der Waals surface area contributed by atoms with Crippen molar-refractivity contribution in [2.45, 2.75) is 19.8 Å². The van der Waals surface area contributed by atoms with E-state index < -0.39 is 0 Å². The van der Waals surface area contributed by atoms with Crippen LogP contribution in [0.4, 0.5) is 0 Å². The number of carbonyl (C=O) groups excluding carboxylic acids is 1. The molecule has 1 unspecified atom stereocenters. The summed E-state index contributed by atoms with van der Waals surface area (Å²) in [5.74, 6) is -0.154. The number of aromatic amines is 1. The fourth-order valence-corrected chi connectivity index (χ4v) is 2.84. The van der Waals surface area contributed by atoms with Gasteiger partial charge in [0.1, 0.15) is 0 Å². The third-order valence-corrected chi connectivity index (χ3v) is 4.51. The van der Waals surface area contributed by atoms with Gasteiger partial charge in [-0.1, -0.05) is 18.5 Å². The van der Waals surface area contributed by atoms with E-state index in [1.165, 1.54) is 10.7 Å². The van der Waals surface area contributed by atoms with E-state index in [9.17, 15) is 9.59 Å². The smallest absolute Gasteiger partial charge is 0.266 e. The maximum atomic E-state index is 12.7. The van der Waals surface area contributed by atoms with Crippen molar-refractivity contribution in [2.24, 2.45) is 7.05 Å². The molecule has 0 fully saturated rings. The summed E-state index contributed by atoms with van der Waals surface area (Å²) in [6.07, 6.45) is 0. The van der Waals surface area contributed by atoms with Gasteiger partial charge in [0.15, 0.2) is 0 Å². The number of aryl methyl sites for hydroxylation is 2. The van der Waals surface area contributed by atoms with E-state index in [4.69, 9.17) is 11.6 Å². The molecule has 3 aromatic rings. The van der Waals surface area contributed by atoms with Crippen molar-refractivity contribution in [1.29, 1.82) is 0 Å². The van der Waals surface area contributed by atoms with Crippen LogP contribution in [-0.2, 0) is 7.05 Å². The summed E-state index contributed by atoms with van der Waals surface area (Å²) in [4.78, 5) is 27.4. The number of rotatable bonds is 4. The van der Waals surface area contributed by atoms with Crippen molar-refractivity contribution in [3.8, 4) is 0 Å². The molecule has 0 saturated heterocycles. The molecule has 0 radical (unpaired) electrons. The summed E-state index contributed by atoms with van der Waals surface area (Å²) in [6.45, 7) is 3.87. The van der Waals surface area contributed by atoms with Crippen LogP contribution in [0.25, 0.3) is 0 Å². The van der Waals surface area contributed by atoms with Crippen LogP contribution < -0.4 is 5.56 Å². The molecular formula is C19H18ClN3O2. The molecule has 25 heavy (non-hydrogen) atoms. The summed E-state index contributed by atoms with van der Waals surface area (Å²) in [6, 6.07) is 12.0. The second-order valence-electron chi connectivity index (χ2n) is 6.06. The second-order valence-corrected chi connectivity index (χ2v) is 6.50. The highest BCUT2D eigenvalue weighted by Crippen LogP contribution is 2.25. The maximum absolute atomic E-state index is 12.7. The molecule has 0 saturated carbocycles. The topological polar surface area (TPSA) is 67.8 Å². The number of H-pyrrole nitrogens is 1. The minimum atomic E-state index is -0.155. The van der Waals surface area contributed by atoms with Gasteiger partial charge in [0.2, 0.25) is 5.78 Å². The first-order chi connectivity index (χ1) is 11.9. The van der Waals surface area contributed by atoms with Gasteiger partial charge in [-0.05, 0) is 48.9 Å². The first-order valence-electron chi connectivity index (χ1n) is 7.91. The Hall–Kier alpha value is -2.66. The van der Waals surface area contributed by atoms with E-state index in [0.717, 1.165) is 17.0 Å². The van der Waals surface area contributed by atoms with Gasteiger partial charge in [-0.25, -0.2) is 4.68 Å². The first-order valence-corrected chi connectivity index (χ1v) is 8.28. The molecule has 1 atom stereocenters. The Labute approximate surface area is 150 Å². The Morgan fingerprint density at radius 1 is 1.20 bits per heavy atom. The van der Waals surface area contributed by atoms with E-state index in [-0.39, 0.29) is 17.3 Å². The van der Waals surface area contributed by atoms with Gasteiger partial charge in [-0.2, -0.15) is 5.10 Å². The van der Waals surface area contributed by atoms with Gasteiger partial charge in [-0.15, -0.1) is 0 Å². The SMILES string of the molecule is Cc1cc(C(C)c2ccc(=O)n(C)n2)[nH]c1C(=O)c1ccc(Cl)cc1. The molecule has 0 bridgehead atoms. The van der Waals surface area contributed by atoms with Crippen LogP contribution in [0.5, 0.6) is 0 Å². The summed E-state index contributed by atoms with van der Waals surface area (Å²) >= 11 is 5.88. The normalized spacial score (nSPS) is 12.2. The van der Waals surface area contributed by atoms with Gasteiger partial charge in [-0.3, -0.25) is 9.59 Å². The molecule has 2 aromatic heterocycles. The van der Waals surface area contributed by atoms with E-state index in [1.807, 2.05) is 19.9 Å². The van der Waals surface area contributed by atoms with Crippen LogP contribution in [-0.4, -0.2) is 20.5 Å². The molecule has 2 heterocycles. The number of hydrogen-bond donors (Lipinski definition) is 1. The lowest BCUT2D eigenvalue weighted by molar-refractivity contribution is 0.103. The zero-order valence-corrected chi connectivity index (χ0v) is 15.0. The first kappa shape index (κ1) is 17.2. The minimum absolute atomic E-state index is 0.0720. The van der Waals surface area contributed by atoms with Crippen molar-refractivity contribution in [1.82, 2.24) is 14.8 Å². The summed E-state index contributed by atoms with van der Waals surface area (Å²) in [5.41, 5.74) is 3.47. The van der Waals surface area contributed by atoms with Crippen molar-refractivity contribution in [3.63, 3.8) is 0 Å². The van der Waals surface area contributed by atoms with E-state index >= 15 is 0 Å². The van der Waals surface area contributed by atoms with Gasteiger partial charge < -0.3 is 4.98 Å². The maximum Gasteiger partial charge on any atom is 0.266 e. The molecule has 128 valence electrons. The predicted octanol–water partition coefficient (Wildman–Crippen LogP) is 3.45. The standard InChI is InChI=1S/C19H18ClN3O2/c1-11-10-16(12(2)15-8-9-17(24)23(3)22-15)21-18(11)19(25)13-4-6-14(20)7-5-13/h4-10,12,21H,1-3H3. The quantitative estimate of drug-likeness (QED) is 0.729. The lowest BCUT2D eigenvalue weighted by Gasteiger charge is -2.10. The number of hydrogen-bond acceptors (Lipinski definition) is 3. The van der Waals surface area contributed by atoms with Gasteiger partial charge in [0.05, 0.1) is 11.4 Å². The van der Waals surface area contributed by atoms with Crippen molar-refractivity contribution in [2.75, 3.05) is 0 Å². The van der Waals surface area contributed by atoms with E-state index in [0.29, 0.717) is 16.3 Å². The van der Waals surface area contributed by atoms with Gasteiger partial charge >= 0.3 is 0 Å². The number of nitrogens with zero attached hydrogens (tertiary/aromatic N) is 2. The highest BCUT2D eigenvalue weighted by Gasteiger charge is 2.19. The highest BCUT2D eigenvalue weighted by atomic mass is 35.5.